The van der Waals surface area contributed by atoms with Crippen LogP contribution in [0.4, 0.5) is 23.4 Å². The monoisotopic (exact) mass is 679 g/mol. The van der Waals surface area contributed by atoms with Gasteiger partial charge in [-0.25, -0.2) is 9.37 Å². The van der Waals surface area contributed by atoms with Crippen molar-refractivity contribution in [1.29, 1.82) is 0 Å². The second-order valence-electron chi connectivity index (χ2n) is 10.6. The number of phenols is 1. The first kappa shape index (κ1) is 29.2. The van der Waals surface area contributed by atoms with Crippen molar-refractivity contribution >= 4 is 56.7 Å². The summed E-state index contributed by atoms with van der Waals surface area (Å²) in [6.45, 7) is 0. The zero-order valence-electron chi connectivity index (χ0n) is 22.0. The molecule has 1 aromatic heterocycles. The lowest BCUT2D eigenvalue weighted by molar-refractivity contribution is -0.141. The number of halogens is 6. The number of fused-ring (bicyclic) bond motifs is 3. The molecule has 14 heteroatoms. The van der Waals surface area contributed by atoms with Crippen LogP contribution in [0.5, 0.6) is 5.75 Å². The molecule has 0 bridgehead atoms. The van der Waals surface area contributed by atoms with Gasteiger partial charge in [-0.1, -0.05) is 29.3 Å². The van der Waals surface area contributed by atoms with Crippen LogP contribution in [-0.4, -0.2) is 45.5 Å². The van der Waals surface area contributed by atoms with Crippen LogP contribution in [0.25, 0.3) is 0 Å². The van der Waals surface area contributed by atoms with E-state index in [1.807, 2.05) is 0 Å². The molecule has 4 atom stereocenters. The van der Waals surface area contributed by atoms with Gasteiger partial charge in [-0.15, -0.1) is 0 Å². The summed E-state index contributed by atoms with van der Waals surface area (Å²) in [7, 11) is 1.20. The number of phenolic OH excluding ortho intramolecular Hbond substituents is 1. The first-order valence-corrected chi connectivity index (χ1v) is 14.1. The number of nitrogens with zero attached hydrogens (tertiary/aromatic N) is 3. The fourth-order valence-corrected chi connectivity index (χ4v) is 7.15. The van der Waals surface area contributed by atoms with Crippen LogP contribution in [0.1, 0.15) is 30.0 Å². The maximum Gasteiger partial charge on any atom is 0.433 e. The lowest BCUT2D eigenvalue weighted by atomic mass is 9.59. The number of hydrogen-bond acceptors (Lipinski definition) is 7. The van der Waals surface area contributed by atoms with Crippen molar-refractivity contribution in [1.82, 2.24) is 9.99 Å². The fourth-order valence-electron chi connectivity index (χ4n) is 6.48. The molecule has 1 saturated heterocycles. The Hall–Kier alpha value is -3.84. The van der Waals surface area contributed by atoms with Gasteiger partial charge in [-0.05, 0) is 64.5 Å². The molecule has 1 aliphatic heterocycles. The summed E-state index contributed by atoms with van der Waals surface area (Å²) < 4.78 is 54.7. The van der Waals surface area contributed by atoms with Gasteiger partial charge >= 0.3 is 6.18 Å². The number of hydrogen-bond donors (Lipinski definition) is 1. The third kappa shape index (κ3) is 4.51. The number of allylic oxidation sites excluding steroid dienone is 6. The van der Waals surface area contributed by atoms with Crippen LogP contribution >= 0.6 is 27.5 Å². The van der Waals surface area contributed by atoms with Gasteiger partial charge < -0.3 is 5.11 Å². The van der Waals surface area contributed by atoms with E-state index in [2.05, 4.69) is 20.9 Å². The quantitative estimate of drug-likeness (QED) is 0.200. The van der Waals surface area contributed by atoms with Gasteiger partial charge in [0.15, 0.2) is 29.0 Å². The van der Waals surface area contributed by atoms with E-state index in [-0.39, 0.29) is 39.1 Å². The van der Waals surface area contributed by atoms with Crippen LogP contribution in [0.3, 0.4) is 0 Å². The minimum atomic E-state index is -4.81. The average molecular weight is 681 g/mol. The molecule has 2 aromatic rings. The maximum atomic E-state index is 14.5. The first-order chi connectivity index (χ1) is 20.2. The molecule has 0 saturated carbocycles. The molecule has 1 N–H and O–H groups in total. The van der Waals surface area contributed by atoms with Gasteiger partial charge in [0.05, 0.1) is 21.3 Å². The zero-order valence-corrected chi connectivity index (χ0v) is 24.3. The highest BCUT2D eigenvalue weighted by Gasteiger charge is 2.57. The summed E-state index contributed by atoms with van der Waals surface area (Å²) >= 11 is 9.26. The van der Waals surface area contributed by atoms with Crippen molar-refractivity contribution in [2.24, 2.45) is 17.8 Å². The van der Waals surface area contributed by atoms with Crippen LogP contribution in [0.15, 0.2) is 63.7 Å². The van der Waals surface area contributed by atoms with Crippen molar-refractivity contribution in [2.75, 3.05) is 12.1 Å². The smallest absolute Gasteiger partial charge is 0.433 e. The predicted octanol–water partition coefficient (Wildman–Crippen LogP) is 5.41. The maximum absolute atomic E-state index is 14.5. The fraction of sp³-hybridized carbons (Fsp3) is 0.276. The van der Waals surface area contributed by atoms with Gasteiger partial charge in [-0.3, -0.25) is 24.2 Å². The third-order valence-electron chi connectivity index (χ3n) is 8.34. The number of ketones is 2. The normalized spacial score (nSPS) is 25.3. The van der Waals surface area contributed by atoms with Gasteiger partial charge in [0.2, 0.25) is 0 Å². The van der Waals surface area contributed by atoms with Crippen LogP contribution < -0.4 is 5.01 Å². The van der Waals surface area contributed by atoms with Crippen molar-refractivity contribution in [2.45, 2.75) is 24.9 Å². The van der Waals surface area contributed by atoms with Crippen molar-refractivity contribution in [3.8, 4) is 5.75 Å². The summed E-state index contributed by atoms with van der Waals surface area (Å²) in [5.74, 6) is -8.16. The van der Waals surface area contributed by atoms with Gasteiger partial charge in [-0.2, -0.15) is 18.2 Å². The van der Waals surface area contributed by atoms with E-state index in [1.54, 1.807) is 6.08 Å². The Bertz CT molecular complexity index is 1750. The number of amides is 2. The highest BCUT2D eigenvalue weighted by Crippen LogP contribution is 2.55. The Kier molecular flexibility index (Phi) is 6.88. The molecule has 6 rings (SSSR count). The van der Waals surface area contributed by atoms with Gasteiger partial charge in [0.1, 0.15) is 5.69 Å². The summed E-state index contributed by atoms with van der Waals surface area (Å²) in [5, 5.41) is 11.1. The molecule has 1 aromatic carbocycles. The topological polar surface area (TPSA) is 108 Å². The van der Waals surface area contributed by atoms with Gasteiger partial charge in [0.25, 0.3) is 11.8 Å². The van der Waals surface area contributed by atoms with Crippen molar-refractivity contribution in [3.05, 3.63) is 85.8 Å². The van der Waals surface area contributed by atoms with Crippen molar-refractivity contribution < 1.29 is 41.8 Å². The largest absolute Gasteiger partial charge is 0.505 e. The summed E-state index contributed by atoms with van der Waals surface area (Å²) in [4.78, 5) is 57.7. The first-order valence-electron chi connectivity index (χ1n) is 12.9. The molecule has 0 unspecified atom stereocenters. The average Bonchev–Trinajstić information content (AvgIpc) is 3.21. The number of aromatic nitrogens is 1. The highest BCUT2D eigenvalue weighted by molar-refractivity contribution is 9.12. The number of alkyl halides is 3. The number of Topliss-reactive ketones (excluding diaryl/α,β-unsaturated/α-hetero) is 1. The number of imide groups is 1. The molecule has 222 valence electrons. The van der Waals surface area contributed by atoms with E-state index < -0.39 is 76.3 Å². The van der Waals surface area contributed by atoms with Crippen LogP contribution in [0.2, 0.25) is 5.02 Å². The number of benzene rings is 1. The lowest BCUT2D eigenvalue weighted by Gasteiger charge is -2.42. The SMILES string of the molecule is CN(c1nc(C(F)(F)F)ccc1Cl)N1C(=O)[C@H]2[C@H](CC=C3[C@H](c4ccc(O)c(F)c4)C4=C(C[C@H]32)C(=O)C(Br)=CC4=O)C1=O. The molecule has 3 aliphatic carbocycles. The van der Waals surface area contributed by atoms with E-state index >= 15 is 0 Å². The van der Waals surface area contributed by atoms with Crippen LogP contribution in [-0.2, 0) is 25.4 Å². The number of hydrazine groups is 1. The molecular weight excluding hydrogens is 662 g/mol. The molecule has 43 heavy (non-hydrogen) atoms. The zero-order chi connectivity index (χ0) is 31.1. The Balaban J connectivity index is 1.43. The minimum absolute atomic E-state index is 0.00660. The van der Waals surface area contributed by atoms with Crippen LogP contribution in [0, 0.1) is 23.6 Å². The third-order valence-corrected chi connectivity index (χ3v) is 9.22. The number of aromatic hydroxyl groups is 1. The summed E-state index contributed by atoms with van der Waals surface area (Å²) in [5.41, 5.74) is -0.261. The number of rotatable bonds is 3. The lowest BCUT2D eigenvalue weighted by Crippen LogP contribution is -2.46. The molecule has 8 nitrogen and oxygen atoms in total. The molecule has 0 radical (unpaired) electrons. The van der Waals surface area contributed by atoms with E-state index in [4.69, 9.17) is 11.6 Å². The van der Waals surface area contributed by atoms with E-state index in [0.29, 0.717) is 16.6 Å². The van der Waals surface area contributed by atoms with Crippen molar-refractivity contribution in [3.63, 3.8) is 0 Å². The van der Waals surface area contributed by atoms with E-state index in [0.717, 1.165) is 29.3 Å². The van der Waals surface area contributed by atoms with E-state index in [1.165, 1.54) is 13.1 Å². The highest BCUT2D eigenvalue weighted by atomic mass is 79.9. The minimum Gasteiger partial charge on any atom is -0.505 e. The molecular formula is C29H19BrClF4N3O5. The Morgan fingerprint density at radius 3 is 2.49 bits per heavy atom. The Morgan fingerprint density at radius 2 is 1.81 bits per heavy atom. The van der Waals surface area contributed by atoms with E-state index in [9.17, 15) is 41.8 Å². The molecule has 2 heterocycles. The molecule has 1 fully saturated rings. The number of carbonyl (C=O) groups excluding carboxylic acids is 4. The number of carbonyl (C=O) groups is 4. The molecule has 4 aliphatic rings. The molecule has 0 spiro atoms. The second kappa shape index (κ2) is 10.1. The number of anilines is 1. The Morgan fingerprint density at radius 1 is 1.09 bits per heavy atom. The van der Waals surface area contributed by atoms with Gasteiger partial charge in [0, 0.05) is 30.2 Å². The Labute approximate surface area is 254 Å². The molecule has 2 amide bonds. The second-order valence-corrected chi connectivity index (χ2v) is 11.9. The summed E-state index contributed by atoms with van der Waals surface area (Å²) in [6, 6.07) is 5.23. The number of pyridine rings is 1. The predicted molar refractivity (Wildman–Crippen MR) is 147 cm³/mol. The summed E-state index contributed by atoms with van der Waals surface area (Å²) in [6.07, 6.45) is -2.03. The standard InChI is InChI=1S/C29H19BrClF4N3O5/c1-37(26-17(31)5-7-21(36-26)29(33,34)35)38-27(42)13-4-3-12-14(23(13)28(38)43)9-15-24(20(40)10-16(30)25(15)41)22(12)11-2-6-19(39)18(32)8-11/h2-3,5-8,10,13-14,22-23,39H,4,9H2,1H3/t13-,14+,22-,23-/m0/s1.